The van der Waals surface area contributed by atoms with Crippen molar-refractivity contribution in [1.29, 1.82) is 0 Å². The lowest BCUT2D eigenvalue weighted by Gasteiger charge is -2.13. The molecule has 6 heteroatoms. The standard InChI is InChI=1S/C19H24N2O3S/c1-15(2)25(23,24)18-12-7-6-11-17(18)19(22)21-14-8-13-20-16-9-4-3-5-10-16/h3-7,9-12,15,20H,8,13-14H2,1-2H3,(H,21,22). The van der Waals surface area contributed by atoms with Crippen molar-refractivity contribution in [1.82, 2.24) is 5.32 Å². The lowest BCUT2D eigenvalue weighted by molar-refractivity contribution is 0.0950. The lowest BCUT2D eigenvalue weighted by Crippen LogP contribution is -2.28. The van der Waals surface area contributed by atoms with Crippen LogP contribution in [0.1, 0.15) is 30.6 Å². The van der Waals surface area contributed by atoms with Gasteiger partial charge in [-0.1, -0.05) is 30.3 Å². The fraction of sp³-hybridized carbons (Fsp3) is 0.316. The molecule has 0 heterocycles. The highest BCUT2D eigenvalue weighted by Gasteiger charge is 2.24. The molecule has 2 aromatic carbocycles. The van der Waals surface area contributed by atoms with Crippen molar-refractivity contribution in [3.63, 3.8) is 0 Å². The smallest absolute Gasteiger partial charge is 0.252 e. The SMILES string of the molecule is CC(C)S(=O)(=O)c1ccccc1C(=O)NCCCNc1ccccc1. The lowest BCUT2D eigenvalue weighted by atomic mass is 10.2. The molecule has 2 rings (SSSR count). The third-order valence-electron chi connectivity index (χ3n) is 3.80. The first-order chi connectivity index (χ1) is 11.9. The second-order valence-corrected chi connectivity index (χ2v) is 8.46. The Morgan fingerprint density at radius 2 is 1.60 bits per heavy atom. The number of carbonyl (C=O) groups excluding carboxylic acids is 1. The molecule has 0 saturated carbocycles. The maximum absolute atomic E-state index is 12.4. The number of benzene rings is 2. The summed E-state index contributed by atoms with van der Waals surface area (Å²) >= 11 is 0. The molecule has 5 nitrogen and oxygen atoms in total. The summed E-state index contributed by atoms with van der Waals surface area (Å²) in [6, 6.07) is 16.2. The molecular weight excluding hydrogens is 336 g/mol. The number of anilines is 1. The first-order valence-corrected chi connectivity index (χ1v) is 9.87. The molecule has 0 bridgehead atoms. The highest BCUT2D eigenvalue weighted by Crippen LogP contribution is 2.20. The Morgan fingerprint density at radius 3 is 2.28 bits per heavy atom. The van der Waals surface area contributed by atoms with Crippen molar-refractivity contribution in [2.75, 3.05) is 18.4 Å². The monoisotopic (exact) mass is 360 g/mol. The van der Waals surface area contributed by atoms with E-state index in [1.807, 2.05) is 30.3 Å². The number of carbonyl (C=O) groups is 1. The van der Waals surface area contributed by atoms with Gasteiger partial charge in [-0.05, 0) is 44.5 Å². The van der Waals surface area contributed by atoms with E-state index >= 15 is 0 Å². The van der Waals surface area contributed by atoms with E-state index in [1.54, 1.807) is 32.0 Å². The van der Waals surface area contributed by atoms with E-state index < -0.39 is 15.1 Å². The Morgan fingerprint density at radius 1 is 0.960 bits per heavy atom. The van der Waals surface area contributed by atoms with Gasteiger partial charge in [0.15, 0.2) is 9.84 Å². The van der Waals surface area contributed by atoms with Gasteiger partial charge in [-0.15, -0.1) is 0 Å². The van der Waals surface area contributed by atoms with Crippen LogP contribution in [-0.4, -0.2) is 32.7 Å². The zero-order chi connectivity index (χ0) is 18.3. The maximum Gasteiger partial charge on any atom is 0.252 e. The predicted octanol–water partition coefficient (Wildman–Crippen LogP) is 3.10. The topological polar surface area (TPSA) is 75.3 Å². The molecule has 0 unspecified atom stereocenters. The quantitative estimate of drug-likeness (QED) is 0.709. The number of amides is 1. The normalized spacial score (nSPS) is 11.3. The van der Waals surface area contributed by atoms with Gasteiger partial charge in [-0.25, -0.2) is 8.42 Å². The van der Waals surface area contributed by atoms with E-state index in [4.69, 9.17) is 0 Å². The summed E-state index contributed by atoms with van der Waals surface area (Å²) < 4.78 is 24.8. The Balaban J connectivity index is 1.91. The molecule has 25 heavy (non-hydrogen) atoms. The summed E-state index contributed by atoms with van der Waals surface area (Å²) in [5.41, 5.74) is 1.23. The molecule has 0 aromatic heterocycles. The second-order valence-electron chi connectivity index (χ2n) is 5.99. The summed E-state index contributed by atoms with van der Waals surface area (Å²) in [5.74, 6) is -0.362. The molecule has 0 radical (unpaired) electrons. The van der Waals surface area contributed by atoms with Crippen molar-refractivity contribution >= 4 is 21.4 Å². The third kappa shape index (κ3) is 5.06. The van der Waals surface area contributed by atoms with Crippen LogP contribution >= 0.6 is 0 Å². The zero-order valence-electron chi connectivity index (χ0n) is 14.5. The summed E-state index contributed by atoms with van der Waals surface area (Å²) in [6.07, 6.45) is 0.736. The first kappa shape index (κ1) is 19.0. The average molecular weight is 360 g/mol. The number of para-hydroxylation sites is 1. The Bertz CT molecular complexity index is 802. The van der Waals surface area contributed by atoms with Crippen LogP contribution in [0.25, 0.3) is 0 Å². The summed E-state index contributed by atoms with van der Waals surface area (Å²) in [6.45, 7) is 4.41. The van der Waals surface area contributed by atoms with Crippen molar-refractivity contribution in [2.45, 2.75) is 30.4 Å². The molecule has 2 aromatic rings. The molecule has 0 fully saturated rings. The fourth-order valence-corrected chi connectivity index (χ4v) is 3.57. The van der Waals surface area contributed by atoms with Gasteiger partial charge < -0.3 is 10.6 Å². The van der Waals surface area contributed by atoms with Crippen LogP contribution in [0.15, 0.2) is 59.5 Å². The molecule has 0 aliphatic rings. The minimum Gasteiger partial charge on any atom is -0.385 e. The van der Waals surface area contributed by atoms with Gasteiger partial charge in [0.25, 0.3) is 5.91 Å². The Kier molecular flexibility index (Phi) is 6.58. The number of nitrogens with one attached hydrogen (secondary N) is 2. The van der Waals surface area contributed by atoms with Crippen LogP contribution in [0.2, 0.25) is 0 Å². The van der Waals surface area contributed by atoms with E-state index in [9.17, 15) is 13.2 Å². The largest absolute Gasteiger partial charge is 0.385 e. The summed E-state index contributed by atoms with van der Waals surface area (Å²) in [5, 5.41) is 5.48. The van der Waals surface area contributed by atoms with Gasteiger partial charge in [0.2, 0.25) is 0 Å². The van der Waals surface area contributed by atoms with Crippen LogP contribution in [0.5, 0.6) is 0 Å². The molecule has 1 amide bonds. The maximum atomic E-state index is 12.4. The average Bonchev–Trinajstić information content (AvgIpc) is 2.62. The molecule has 2 N–H and O–H groups in total. The van der Waals surface area contributed by atoms with E-state index in [2.05, 4.69) is 10.6 Å². The Hall–Kier alpha value is -2.34. The summed E-state index contributed by atoms with van der Waals surface area (Å²) in [4.78, 5) is 12.5. The van der Waals surface area contributed by atoms with Gasteiger partial charge in [0, 0.05) is 18.8 Å². The van der Waals surface area contributed by atoms with Crippen molar-refractivity contribution in [3.8, 4) is 0 Å². The Labute approximate surface area is 149 Å². The number of hydrogen-bond acceptors (Lipinski definition) is 4. The van der Waals surface area contributed by atoms with Crippen LogP contribution < -0.4 is 10.6 Å². The molecule has 0 aliphatic carbocycles. The van der Waals surface area contributed by atoms with Gasteiger partial charge in [0.1, 0.15) is 0 Å². The minimum atomic E-state index is -3.50. The van der Waals surface area contributed by atoms with Crippen LogP contribution in [0.4, 0.5) is 5.69 Å². The highest BCUT2D eigenvalue weighted by atomic mass is 32.2. The van der Waals surface area contributed by atoms with Gasteiger partial charge >= 0.3 is 0 Å². The number of sulfone groups is 1. The van der Waals surface area contributed by atoms with Crippen LogP contribution in [0.3, 0.4) is 0 Å². The van der Waals surface area contributed by atoms with Crippen molar-refractivity contribution in [3.05, 3.63) is 60.2 Å². The second kappa shape index (κ2) is 8.67. The predicted molar refractivity (Wildman–Crippen MR) is 101 cm³/mol. The van der Waals surface area contributed by atoms with Gasteiger partial charge in [-0.3, -0.25) is 4.79 Å². The third-order valence-corrected chi connectivity index (χ3v) is 6.01. The highest BCUT2D eigenvalue weighted by molar-refractivity contribution is 7.92. The van der Waals surface area contributed by atoms with E-state index in [0.717, 1.165) is 18.7 Å². The molecule has 0 spiro atoms. The minimum absolute atomic E-state index is 0.0879. The van der Waals surface area contributed by atoms with E-state index in [0.29, 0.717) is 6.54 Å². The molecule has 0 atom stereocenters. The number of hydrogen-bond donors (Lipinski definition) is 2. The molecule has 0 saturated heterocycles. The molecule has 0 aliphatic heterocycles. The zero-order valence-corrected chi connectivity index (χ0v) is 15.3. The van der Waals surface area contributed by atoms with Crippen LogP contribution in [0, 0.1) is 0 Å². The molecular formula is C19H24N2O3S. The first-order valence-electron chi connectivity index (χ1n) is 8.33. The van der Waals surface area contributed by atoms with Crippen LogP contribution in [-0.2, 0) is 9.84 Å². The van der Waals surface area contributed by atoms with Gasteiger partial charge in [-0.2, -0.15) is 0 Å². The van der Waals surface area contributed by atoms with Crippen molar-refractivity contribution in [2.24, 2.45) is 0 Å². The summed E-state index contributed by atoms with van der Waals surface area (Å²) in [7, 11) is -3.50. The van der Waals surface area contributed by atoms with E-state index in [1.165, 1.54) is 6.07 Å². The van der Waals surface area contributed by atoms with Gasteiger partial charge in [0.05, 0.1) is 15.7 Å². The van der Waals surface area contributed by atoms with E-state index in [-0.39, 0.29) is 16.4 Å². The molecule has 134 valence electrons. The van der Waals surface area contributed by atoms with Crippen molar-refractivity contribution < 1.29 is 13.2 Å². The fourth-order valence-electron chi connectivity index (χ4n) is 2.33. The number of rotatable bonds is 8.